The molecule has 1 aromatic carbocycles. The van der Waals surface area contributed by atoms with Gasteiger partial charge in [-0.1, -0.05) is 24.6 Å². The van der Waals surface area contributed by atoms with E-state index < -0.39 is 0 Å². The van der Waals surface area contributed by atoms with Crippen molar-refractivity contribution in [3.8, 4) is 5.75 Å². The fourth-order valence-electron chi connectivity index (χ4n) is 2.32. The van der Waals surface area contributed by atoms with E-state index in [-0.39, 0.29) is 12.5 Å². The topological polar surface area (TPSA) is 29.5 Å². The Morgan fingerprint density at radius 2 is 2.13 bits per heavy atom. The number of rotatable bonds is 4. The third kappa shape index (κ3) is 2.00. The molecule has 1 saturated carbocycles. The van der Waals surface area contributed by atoms with Crippen LogP contribution in [-0.2, 0) is 0 Å². The van der Waals surface area contributed by atoms with Crippen molar-refractivity contribution in [2.45, 2.75) is 25.2 Å². The number of benzene rings is 1. The monoisotopic (exact) mass is 206 g/mol. The van der Waals surface area contributed by atoms with Gasteiger partial charge in [0.15, 0.2) is 0 Å². The Morgan fingerprint density at radius 1 is 1.40 bits per heavy atom. The minimum atomic E-state index is 0.227. The van der Waals surface area contributed by atoms with Gasteiger partial charge in [-0.05, 0) is 30.4 Å². The van der Waals surface area contributed by atoms with Gasteiger partial charge in [0.2, 0.25) is 0 Å². The largest absolute Gasteiger partial charge is 0.496 e. The highest BCUT2D eigenvalue weighted by molar-refractivity contribution is 5.37. The maximum absolute atomic E-state index is 9.48. The molecule has 1 unspecified atom stereocenters. The molecule has 2 heteroatoms. The Kier molecular flexibility index (Phi) is 3.27. The first-order valence-corrected chi connectivity index (χ1v) is 5.60. The second kappa shape index (κ2) is 4.67. The van der Waals surface area contributed by atoms with Crippen molar-refractivity contribution < 1.29 is 9.84 Å². The molecule has 15 heavy (non-hydrogen) atoms. The molecule has 0 radical (unpaired) electrons. The van der Waals surface area contributed by atoms with Gasteiger partial charge in [0.1, 0.15) is 5.75 Å². The van der Waals surface area contributed by atoms with Gasteiger partial charge in [0, 0.05) is 5.92 Å². The molecule has 0 aliphatic heterocycles. The molecule has 0 bridgehead atoms. The summed E-state index contributed by atoms with van der Waals surface area (Å²) in [6.07, 6.45) is 3.78. The van der Waals surface area contributed by atoms with Crippen molar-refractivity contribution in [2.75, 3.05) is 13.7 Å². The molecule has 0 aromatic heterocycles. The summed E-state index contributed by atoms with van der Waals surface area (Å²) in [4.78, 5) is 0. The number of aliphatic hydroxyl groups is 1. The van der Waals surface area contributed by atoms with Gasteiger partial charge in [-0.25, -0.2) is 0 Å². The van der Waals surface area contributed by atoms with Gasteiger partial charge < -0.3 is 9.84 Å². The van der Waals surface area contributed by atoms with Crippen LogP contribution < -0.4 is 4.74 Å². The second-order valence-corrected chi connectivity index (χ2v) is 4.22. The van der Waals surface area contributed by atoms with Gasteiger partial charge >= 0.3 is 0 Å². The van der Waals surface area contributed by atoms with E-state index >= 15 is 0 Å². The Balaban J connectivity index is 2.24. The summed E-state index contributed by atoms with van der Waals surface area (Å²) in [5.74, 6) is 1.81. The summed E-state index contributed by atoms with van der Waals surface area (Å²) in [6, 6.07) is 8.02. The minimum absolute atomic E-state index is 0.227. The minimum Gasteiger partial charge on any atom is -0.496 e. The molecular weight excluding hydrogens is 188 g/mol. The maximum Gasteiger partial charge on any atom is 0.122 e. The van der Waals surface area contributed by atoms with E-state index in [9.17, 15) is 5.11 Å². The molecule has 1 aromatic rings. The normalized spacial score (nSPS) is 18.3. The van der Waals surface area contributed by atoms with Gasteiger partial charge in [-0.2, -0.15) is 0 Å². The molecular formula is C13H18O2. The first kappa shape index (κ1) is 10.5. The average molecular weight is 206 g/mol. The Hall–Kier alpha value is -1.02. The summed E-state index contributed by atoms with van der Waals surface area (Å²) in [7, 11) is 1.69. The number of ether oxygens (including phenoxy) is 1. The summed E-state index contributed by atoms with van der Waals surface area (Å²) < 4.78 is 5.34. The lowest BCUT2D eigenvalue weighted by atomic mass is 9.73. The van der Waals surface area contributed by atoms with Gasteiger partial charge in [0.05, 0.1) is 13.7 Å². The van der Waals surface area contributed by atoms with Crippen LogP contribution in [0.4, 0.5) is 0 Å². The molecule has 1 N–H and O–H groups in total. The first-order valence-electron chi connectivity index (χ1n) is 5.60. The van der Waals surface area contributed by atoms with Crippen LogP contribution >= 0.6 is 0 Å². The van der Waals surface area contributed by atoms with Crippen LogP contribution in [0.25, 0.3) is 0 Å². The van der Waals surface area contributed by atoms with Crippen molar-refractivity contribution in [3.05, 3.63) is 29.8 Å². The number of hydrogen-bond donors (Lipinski definition) is 1. The molecule has 82 valence electrons. The standard InChI is InChI=1S/C13H18O2/c1-15-13-8-3-2-7-11(13)12(9-14)10-5-4-6-10/h2-3,7-8,10,12,14H,4-6,9H2,1H3. The summed E-state index contributed by atoms with van der Waals surface area (Å²) in [5, 5.41) is 9.48. The molecule has 1 fully saturated rings. The smallest absolute Gasteiger partial charge is 0.122 e. The average Bonchev–Trinajstić information content (AvgIpc) is 2.23. The predicted molar refractivity (Wildman–Crippen MR) is 60.2 cm³/mol. The van der Waals surface area contributed by atoms with Crippen molar-refractivity contribution in [1.29, 1.82) is 0 Å². The number of hydrogen-bond acceptors (Lipinski definition) is 2. The van der Waals surface area contributed by atoms with Crippen molar-refractivity contribution in [3.63, 3.8) is 0 Å². The highest BCUT2D eigenvalue weighted by Crippen LogP contribution is 2.41. The lowest BCUT2D eigenvalue weighted by Crippen LogP contribution is -2.23. The summed E-state index contributed by atoms with van der Waals surface area (Å²) >= 11 is 0. The zero-order chi connectivity index (χ0) is 10.7. The van der Waals surface area contributed by atoms with E-state index in [4.69, 9.17) is 4.74 Å². The van der Waals surface area contributed by atoms with Crippen LogP contribution in [-0.4, -0.2) is 18.8 Å². The van der Waals surface area contributed by atoms with Crippen LogP contribution in [0, 0.1) is 5.92 Å². The molecule has 0 heterocycles. The van der Waals surface area contributed by atoms with E-state index in [1.54, 1.807) is 7.11 Å². The fraction of sp³-hybridized carbons (Fsp3) is 0.538. The molecule has 2 nitrogen and oxygen atoms in total. The van der Waals surface area contributed by atoms with E-state index in [0.717, 1.165) is 11.3 Å². The third-order valence-electron chi connectivity index (χ3n) is 3.45. The Bertz CT molecular complexity index is 318. The maximum atomic E-state index is 9.48. The molecule has 0 saturated heterocycles. The van der Waals surface area contributed by atoms with Crippen molar-refractivity contribution in [2.24, 2.45) is 5.92 Å². The zero-order valence-electron chi connectivity index (χ0n) is 9.15. The van der Waals surface area contributed by atoms with Crippen molar-refractivity contribution in [1.82, 2.24) is 0 Å². The van der Waals surface area contributed by atoms with Crippen LogP contribution in [0.5, 0.6) is 5.75 Å². The van der Waals surface area contributed by atoms with E-state index in [0.29, 0.717) is 5.92 Å². The molecule has 0 amide bonds. The Morgan fingerprint density at radius 3 is 2.67 bits per heavy atom. The van der Waals surface area contributed by atoms with Gasteiger partial charge in [-0.15, -0.1) is 0 Å². The van der Waals surface area contributed by atoms with Crippen LogP contribution in [0.1, 0.15) is 30.7 Å². The van der Waals surface area contributed by atoms with Crippen LogP contribution in [0.3, 0.4) is 0 Å². The number of methoxy groups -OCH3 is 1. The van der Waals surface area contributed by atoms with Gasteiger partial charge in [0.25, 0.3) is 0 Å². The van der Waals surface area contributed by atoms with Crippen LogP contribution in [0.15, 0.2) is 24.3 Å². The van der Waals surface area contributed by atoms with E-state index in [1.807, 2.05) is 18.2 Å². The SMILES string of the molecule is COc1ccccc1C(CO)C1CCC1. The highest BCUT2D eigenvalue weighted by Gasteiger charge is 2.29. The van der Waals surface area contributed by atoms with E-state index in [1.165, 1.54) is 19.3 Å². The fourth-order valence-corrected chi connectivity index (χ4v) is 2.32. The first-order chi connectivity index (χ1) is 7.36. The summed E-state index contributed by atoms with van der Waals surface area (Å²) in [6.45, 7) is 0.227. The quantitative estimate of drug-likeness (QED) is 0.820. The molecule has 1 aliphatic carbocycles. The third-order valence-corrected chi connectivity index (χ3v) is 3.45. The van der Waals surface area contributed by atoms with Crippen LogP contribution in [0.2, 0.25) is 0 Å². The highest BCUT2D eigenvalue weighted by atomic mass is 16.5. The lowest BCUT2D eigenvalue weighted by molar-refractivity contribution is 0.171. The second-order valence-electron chi connectivity index (χ2n) is 4.22. The molecule has 1 aliphatic rings. The molecule has 1 atom stereocenters. The van der Waals surface area contributed by atoms with Crippen molar-refractivity contribution >= 4 is 0 Å². The lowest BCUT2D eigenvalue weighted by Gasteiger charge is -2.33. The Labute approximate surface area is 90.9 Å². The number of aliphatic hydroxyl groups excluding tert-OH is 1. The summed E-state index contributed by atoms with van der Waals surface area (Å²) in [5.41, 5.74) is 1.16. The molecule has 0 spiro atoms. The number of para-hydroxylation sites is 1. The molecule has 2 rings (SSSR count). The van der Waals surface area contributed by atoms with Gasteiger partial charge in [-0.3, -0.25) is 0 Å². The predicted octanol–water partition coefficient (Wildman–Crippen LogP) is 2.57. The zero-order valence-corrected chi connectivity index (χ0v) is 9.15. The van der Waals surface area contributed by atoms with E-state index in [2.05, 4.69) is 6.07 Å².